The van der Waals surface area contributed by atoms with Gasteiger partial charge in [-0.25, -0.2) is 26.0 Å². The van der Waals surface area contributed by atoms with Gasteiger partial charge in [0.15, 0.2) is 11.7 Å². The van der Waals surface area contributed by atoms with Gasteiger partial charge in [-0.2, -0.15) is 6.08 Å². The second kappa shape index (κ2) is 9.20. The van der Waals surface area contributed by atoms with E-state index in [1.54, 1.807) is 6.08 Å². The van der Waals surface area contributed by atoms with Crippen molar-refractivity contribution in [3.8, 4) is 0 Å². The summed E-state index contributed by atoms with van der Waals surface area (Å²) in [6.45, 7) is 0. The van der Waals surface area contributed by atoms with Crippen molar-refractivity contribution < 1.29 is 26.5 Å². The monoisotopic (exact) mass is 579 g/mol. The maximum Gasteiger partial charge on any atom is 0.164 e. The maximum atomic E-state index is 13.1. The maximum absolute atomic E-state index is 13.1. The normalized spacial score (nSPS) is 14.7. The number of rotatable bonds is 0. The third-order valence-corrected chi connectivity index (χ3v) is 7.75. The number of nitrogens with one attached hydrogen (secondary N) is 4. The summed E-state index contributed by atoms with van der Waals surface area (Å²) in [6.07, 6.45) is 5.13. The van der Waals surface area contributed by atoms with Gasteiger partial charge in [-0.05, 0) is 6.42 Å². The van der Waals surface area contributed by atoms with Crippen LogP contribution in [0.5, 0.6) is 0 Å². The van der Waals surface area contributed by atoms with Gasteiger partial charge in [-0.3, -0.25) is 0 Å². The van der Waals surface area contributed by atoms with E-state index in [1.165, 1.54) is 0 Å². The van der Waals surface area contributed by atoms with Crippen LogP contribution in [0, 0.1) is 6.08 Å². The van der Waals surface area contributed by atoms with Crippen LogP contribution >= 0.6 is 0 Å². The first-order chi connectivity index (χ1) is 20.2. The topological polar surface area (TPSA) is 126 Å². The molecule has 6 aromatic rings. The molecular formula is C32H19N8OTi-. The van der Waals surface area contributed by atoms with E-state index in [0.29, 0.717) is 52.1 Å². The van der Waals surface area contributed by atoms with Crippen molar-refractivity contribution in [2.24, 2.45) is 20.0 Å². The third-order valence-electron chi connectivity index (χ3n) is 7.75. The molecule has 42 heavy (non-hydrogen) atoms. The van der Waals surface area contributed by atoms with E-state index < -0.39 is 0 Å². The number of aromatic nitrogens is 3. The Morgan fingerprint density at radius 1 is 0.619 bits per heavy atom. The van der Waals surface area contributed by atoms with Crippen LogP contribution in [-0.2, 0) is 28.1 Å². The number of aromatic amines is 3. The molecule has 9 rings (SSSR count). The van der Waals surface area contributed by atoms with Gasteiger partial charge in [0, 0.05) is 60.2 Å². The van der Waals surface area contributed by atoms with Crippen LogP contribution in [-0.4, -0.2) is 32.4 Å². The average Bonchev–Trinajstić information content (AvgIpc) is 3.73. The SMILES string of the molecule is O=C1[C-]=CCc2c3[nH]c(c21)N=C1N=C(N=c2[nH]c(c4ccccc24)=Nc2[nH]c(c4ccccc24)N3)c2ccccc21.[Ti]. The van der Waals surface area contributed by atoms with Gasteiger partial charge >= 0.3 is 0 Å². The molecule has 198 valence electrons. The van der Waals surface area contributed by atoms with Crippen LogP contribution in [0.25, 0.3) is 21.5 Å². The van der Waals surface area contributed by atoms with Crippen LogP contribution in [0.3, 0.4) is 0 Å². The molecule has 5 heterocycles. The number of ketones is 1. The fraction of sp³-hybridized carbons (Fsp3) is 0.0312. The van der Waals surface area contributed by atoms with E-state index in [1.807, 2.05) is 72.8 Å². The first-order valence-electron chi connectivity index (χ1n) is 13.3. The van der Waals surface area contributed by atoms with Gasteiger partial charge in [-0.15, -0.1) is 0 Å². The van der Waals surface area contributed by atoms with Crippen LogP contribution in [0.2, 0.25) is 0 Å². The summed E-state index contributed by atoms with van der Waals surface area (Å²) in [5.74, 6) is 3.37. The number of anilines is 2. The molecule has 3 aromatic carbocycles. The Bertz CT molecular complexity index is 2350. The molecule has 2 aliphatic heterocycles. The van der Waals surface area contributed by atoms with E-state index in [9.17, 15) is 4.79 Å². The first-order valence-corrected chi connectivity index (χ1v) is 13.3. The zero-order valence-corrected chi connectivity index (χ0v) is 23.5. The fourth-order valence-corrected chi connectivity index (χ4v) is 5.86. The summed E-state index contributed by atoms with van der Waals surface area (Å²) in [4.78, 5) is 43.2. The summed E-state index contributed by atoms with van der Waals surface area (Å²) < 4.78 is 0. The Hall–Kier alpha value is -5.12. The molecule has 1 aliphatic carbocycles. The van der Waals surface area contributed by atoms with Crippen molar-refractivity contribution in [1.82, 2.24) is 15.0 Å². The number of carbonyl (C=O) groups is 1. The van der Waals surface area contributed by atoms with Gasteiger partial charge in [0.2, 0.25) is 0 Å². The summed E-state index contributed by atoms with van der Waals surface area (Å²) in [6, 6.07) is 23.9. The molecule has 0 saturated carbocycles. The van der Waals surface area contributed by atoms with E-state index in [4.69, 9.17) is 20.0 Å². The molecule has 10 heteroatoms. The second-order valence-corrected chi connectivity index (χ2v) is 10.1. The zero-order valence-electron chi connectivity index (χ0n) is 21.9. The van der Waals surface area contributed by atoms with Crippen molar-refractivity contribution in [2.45, 2.75) is 6.42 Å². The van der Waals surface area contributed by atoms with E-state index in [0.717, 1.165) is 44.1 Å². The molecule has 8 bridgehead atoms. The number of aliphatic imine (C=N–C) groups is 2. The number of amidine groups is 2. The van der Waals surface area contributed by atoms with Crippen molar-refractivity contribution in [1.29, 1.82) is 0 Å². The number of nitrogens with zero attached hydrogens (tertiary/aromatic N) is 4. The average molecular weight is 579 g/mol. The van der Waals surface area contributed by atoms with Crippen LogP contribution < -0.4 is 16.3 Å². The molecule has 3 aliphatic rings. The quantitative estimate of drug-likeness (QED) is 0.145. The molecule has 0 atom stereocenters. The molecule has 0 amide bonds. The Balaban J connectivity index is 0.00000267. The number of H-pyrrole nitrogens is 3. The Kier molecular flexibility index (Phi) is 5.40. The predicted octanol–water partition coefficient (Wildman–Crippen LogP) is 5.24. The van der Waals surface area contributed by atoms with Crippen molar-refractivity contribution >= 4 is 62.3 Å². The molecule has 0 spiro atoms. The van der Waals surface area contributed by atoms with Gasteiger partial charge < -0.3 is 25.1 Å². The number of Topliss-reactive ketones (excluding diaryl/α,β-unsaturated/α-hetero) is 1. The molecule has 3 aromatic heterocycles. The summed E-state index contributed by atoms with van der Waals surface area (Å²) in [5.41, 5.74) is 4.38. The number of fused-ring (bicyclic) bond motifs is 19. The van der Waals surface area contributed by atoms with Gasteiger partial charge in [-0.1, -0.05) is 83.9 Å². The largest absolute Gasteiger partial charge is 0.342 e. The standard InChI is InChI=1S/C32H19N8O.Ti/c41-23-15-7-14-22-24(23)32-39-30-21-13-6-5-12-20(21)28(37-30)35-26-17-9-2-1-8-16(17)25(33-26)34-27-18-10-3-4-11-19(18)29(36-27)38-31(22)40-32;/h1-13,36,38,40H,14H2,(H,33,34,35,37,39);/q-1;. The Labute approximate surface area is 252 Å². The minimum atomic E-state index is -0.218. The number of allylic oxidation sites excluding steroid dienone is 2. The minimum absolute atomic E-state index is 0. The molecule has 0 unspecified atom stereocenters. The second-order valence-electron chi connectivity index (χ2n) is 10.1. The summed E-state index contributed by atoms with van der Waals surface area (Å²) in [5, 5.41) is 7.33. The van der Waals surface area contributed by atoms with Crippen LogP contribution in [0.4, 0.5) is 23.3 Å². The molecule has 0 fully saturated rings. The van der Waals surface area contributed by atoms with E-state index in [-0.39, 0.29) is 27.5 Å². The molecule has 0 saturated heterocycles. The van der Waals surface area contributed by atoms with Gasteiger partial charge in [0.25, 0.3) is 0 Å². The van der Waals surface area contributed by atoms with E-state index >= 15 is 0 Å². The van der Waals surface area contributed by atoms with Crippen molar-refractivity contribution in [3.63, 3.8) is 0 Å². The minimum Gasteiger partial charge on any atom is -0.342 e. The van der Waals surface area contributed by atoms with Crippen LogP contribution in [0.1, 0.15) is 27.0 Å². The Morgan fingerprint density at radius 2 is 1.24 bits per heavy atom. The molecular weight excluding hydrogens is 560 g/mol. The number of hydrogen-bond donors (Lipinski definition) is 4. The Morgan fingerprint density at radius 3 is 2.00 bits per heavy atom. The molecule has 4 N–H and O–H groups in total. The first kappa shape index (κ1) is 24.7. The fourth-order valence-electron chi connectivity index (χ4n) is 5.86. The van der Waals surface area contributed by atoms with Crippen molar-refractivity contribution in [2.75, 3.05) is 5.32 Å². The van der Waals surface area contributed by atoms with E-state index in [2.05, 4.69) is 26.3 Å². The van der Waals surface area contributed by atoms with Crippen molar-refractivity contribution in [3.05, 3.63) is 118 Å². The van der Waals surface area contributed by atoms with Gasteiger partial charge in [0.1, 0.15) is 22.6 Å². The number of carbonyl (C=O) groups excluding carboxylic acids is 1. The number of benzene rings is 3. The third kappa shape index (κ3) is 3.57. The van der Waals surface area contributed by atoms with Crippen LogP contribution in [0.15, 0.2) is 98.8 Å². The smallest absolute Gasteiger partial charge is 0.164 e. The molecule has 9 nitrogen and oxygen atoms in total. The number of hydrogen-bond acceptors (Lipinski definition) is 6. The summed E-state index contributed by atoms with van der Waals surface area (Å²) in [7, 11) is 0. The molecule has 0 radical (unpaired) electrons. The predicted molar refractivity (Wildman–Crippen MR) is 158 cm³/mol. The van der Waals surface area contributed by atoms with Gasteiger partial charge in [0.05, 0.1) is 11.6 Å². The summed E-state index contributed by atoms with van der Waals surface area (Å²) >= 11 is 0. The zero-order chi connectivity index (χ0) is 27.1.